The number of rotatable bonds is 6. The second kappa shape index (κ2) is 9.82. The molecule has 1 atom stereocenters. The number of nitrogens with zero attached hydrogens (tertiary/aromatic N) is 1. The lowest BCUT2D eigenvalue weighted by atomic mass is 9.83. The Labute approximate surface area is 193 Å². The number of benzene rings is 3. The molecule has 4 nitrogen and oxygen atoms in total. The van der Waals surface area contributed by atoms with Gasteiger partial charge in [-0.25, -0.2) is 9.18 Å². The van der Waals surface area contributed by atoms with Crippen LogP contribution in [0.4, 0.5) is 4.39 Å². The number of carbonyl (C=O) groups excluding carboxylic acids is 2. The summed E-state index contributed by atoms with van der Waals surface area (Å²) in [5.74, 6) is -1.31. The van der Waals surface area contributed by atoms with Crippen LogP contribution in [-0.4, -0.2) is 16.8 Å². The van der Waals surface area contributed by atoms with Gasteiger partial charge in [-0.2, -0.15) is 0 Å². The lowest BCUT2D eigenvalue weighted by Gasteiger charge is -2.34. The minimum Gasteiger partial charge on any atom is -0.457 e. The summed E-state index contributed by atoms with van der Waals surface area (Å²) in [4.78, 5) is 28.0. The van der Waals surface area contributed by atoms with E-state index in [0.29, 0.717) is 16.8 Å². The average molecular weight is 444 g/mol. The highest BCUT2D eigenvalue weighted by molar-refractivity contribution is 5.95. The number of halogens is 1. The van der Waals surface area contributed by atoms with E-state index in [1.165, 1.54) is 12.1 Å². The van der Waals surface area contributed by atoms with E-state index in [2.05, 4.69) is 0 Å². The molecule has 0 aliphatic carbocycles. The zero-order valence-electron chi connectivity index (χ0n) is 18.8. The Morgan fingerprint density at radius 2 is 1.70 bits per heavy atom. The van der Waals surface area contributed by atoms with Crippen LogP contribution in [-0.2, 0) is 27.5 Å². The molecule has 33 heavy (non-hydrogen) atoms. The maximum Gasteiger partial charge on any atom is 0.336 e. The van der Waals surface area contributed by atoms with Gasteiger partial charge in [0.05, 0.1) is 12.1 Å². The monoisotopic (exact) mass is 443 g/mol. The molecule has 0 radical (unpaired) electrons. The van der Waals surface area contributed by atoms with E-state index >= 15 is 0 Å². The van der Waals surface area contributed by atoms with E-state index in [1.807, 2.05) is 61.5 Å². The predicted molar refractivity (Wildman–Crippen MR) is 124 cm³/mol. The first-order chi connectivity index (χ1) is 15.9. The molecule has 1 amide bonds. The second-order valence-corrected chi connectivity index (χ2v) is 8.34. The Hall–Kier alpha value is -3.73. The van der Waals surface area contributed by atoms with Crippen molar-refractivity contribution in [3.8, 4) is 0 Å². The first-order valence-corrected chi connectivity index (χ1v) is 11.0. The van der Waals surface area contributed by atoms with Gasteiger partial charge < -0.3 is 9.64 Å². The van der Waals surface area contributed by atoms with Gasteiger partial charge in [0.25, 0.3) is 0 Å². The minimum absolute atomic E-state index is 0.108. The van der Waals surface area contributed by atoms with E-state index in [9.17, 15) is 14.0 Å². The van der Waals surface area contributed by atoms with Crippen molar-refractivity contribution in [3.05, 3.63) is 118 Å². The summed E-state index contributed by atoms with van der Waals surface area (Å²) in [7, 11) is 0. The van der Waals surface area contributed by atoms with Crippen molar-refractivity contribution in [1.29, 1.82) is 0 Å². The molecule has 1 unspecified atom stereocenters. The van der Waals surface area contributed by atoms with Crippen LogP contribution in [0.5, 0.6) is 0 Å². The Bertz CT molecular complexity index is 1200. The minimum atomic E-state index is -0.445. The summed E-state index contributed by atoms with van der Waals surface area (Å²) in [5.41, 5.74) is 4.51. The standard InChI is InChI=1S/C28H26FNO3/c1-19-8-6-12-23(14-19)25-16-26(31)30(17-22-11-7-13-24(29)15-22)20(2)27(25)28(32)33-18-21-9-4-3-5-10-21/h3-15,25H,16-18H2,1-2H3. The number of esters is 1. The Balaban J connectivity index is 1.69. The van der Waals surface area contributed by atoms with E-state index in [-0.39, 0.29) is 31.3 Å². The molecule has 3 aromatic rings. The topological polar surface area (TPSA) is 46.6 Å². The van der Waals surface area contributed by atoms with Crippen LogP contribution in [0.3, 0.4) is 0 Å². The zero-order chi connectivity index (χ0) is 23.4. The predicted octanol–water partition coefficient (Wildman–Crippen LogP) is 5.67. The number of carbonyl (C=O) groups is 2. The third kappa shape index (κ3) is 5.20. The molecule has 0 bridgehead atoms. The molecule has 168 valence electrons. The number of aryl methyl sites for hydroxylation is 1. The van der Waals surface area contributed by atoms with Crippen LogP contribution < -0.4 is 0 Å². The quantitative estimate of drug-likeness (QED) is 0.461. The molecular formula is C28H26FNO3. The van der Waals surface area contributed by atoms with Gasteiger partial charge in [0.2, 0.25) is 5.91 Å². The largest absolute Gasteiger partial charge is 0.457 e. The maximum atomic E-state index is 13.7. The number of hydrogen-bond acceptors (Lipinski definition) is 3. The van der Waals surface area contributed by atoms with Crippen LogP contribution in [0.1, 0.15) is 41.5 Å². The van der Waals surface area contributed by atoms with Crippen molar-refractivity contribution in [1.82, 2.24) is 4.90 Å². The summed E-state index contributed by atoms with van der Waals surface area (Å²) in [6.45, 7) is 4.08. The normalized spacial score (nSPS) is 16.2. The fourth-order valence-corrected chi connectivity index (χ4v) is 4.26. The molecule has 4 rings (SSSR count). The van der Waals surface area contributed by atoms with Crippen molar-refractivity contribution in [2.75, 3.05) is 0 Å². The molecule has 5 heteroatoms. The maximum absolute atomic E-state index is 13.7. The third-order valence-electron chi connectivity index (χ3n) is 5.93. The van der Waals surface area contributed by atoms with Crippen LogP contribution in [0.15, 0.2) is 90.1 Å². The SMILES string of the molecule is CC1=C(C(=O)OCc2ccccc2)C(c2cccc(C)c2)CC(=O)N1Cc1cccc(F)c1. The molecule has 0 spiro atoms. The van der Waals surface area contributed by atoms with Gasteiger partial charge in [0, 0.05) is 18.0 Å². The van der Waals surface area contributed by atoms with Crippen molar-refractivity contribution < 1.29 is 18.7 Å². The summed E-state index contributed by atoms with van der Waals surface area (Å²) >= 11 is 0. The van der Waals surface area contributed by atoms with Gasteiger partial charge in [0.15, 0.2) is 0 Å². The highest BCUT2D eigenvalue weighted by atomic mass is 19.1. The van der Waals surface area contributed by atoms with Gasteiger partial charge in [-0.3, -0.25) is 4.79 Å². The Morgan fingerprint density at radius 1 is 0.970 bits per heavy atom. The number of ether oxygens (including phenoxy) is 1. The Kier molecular flexibility index (Phi) is 6.68. The summed E-state index contributed by atoms with van der Waals surface area (Å²) < 4.78 is 19.4. The van der Waals surface area contributed by atoms with Crippen molar-refractivity contribution >= 4 is 11.9 Å². The highest BCUT2D eigenvalue weighted by Crippen LogP contribution is 2.38. The fourth-order valence-electron chi connectivity index (χ4n) is 4.26. The van der Waals surface area contributed by atoms with Crippen molar-refractivity contribution in [3.63, 3.8) is 0 Å². The van der Waals surface area contributed by atoms with Gasteiger partial charge >= 0.3 is 5.97 Å². The summed E-state index contributed by atoms with van der Waals surface area (Å²) in [6.07, 6.45) is 0.145. The van der Waals surface area contributed by atoms with E-state index in [1.54, 1.807) is 24.0 Å². The highest BCUT2D eigenvalue weighted by Gasteiger charge is 2.37. The molecule has 0 aromatic heterocycles. The molecule has 3 aromatic carbocycles. The van der Waals surface area contributed by atoms with Crippen LogP contribution >= 0.6 is 0 Å². The first-order valence-electron chi connectivity index (χ1n) is 11.0. The van der Waals surface area contributed by atoms with Gasteiger partial charge in [0.1, 0.15) is 12.4 Å². The van der Waals surface area contributed by atoms with Gasteiger partial charge in [-0.15, -0.1) is 0 Å². The molecule has 1 aliphatic rings. The molecule has 0 fully saturated rings. The second-order valence-electron chi connectivity index (χ2n) is 8.34. The van der Waals surface area contributed by atoms with Crippen molar-refractivity contribution in [2.45, 2.75) is 39.3 Å². The number of hydrogen-bond donors (Lipinski definition) is 0. The molecule has 0 saturated carbocycles. The lowest BCUT2D eigenvalue weighted by Crippen LogP contribution is -2.38. The molecule has 0 saturated heterocycles. The fraction of sp³-hybridized carbons (Fsp3) is 0.214. The van der Waals surface area contributed by atoms with Crippen LogP contribution in [0.25, 0.3) is 0 Å². The lowest BCUT2D eigenvalue weighted by molar-refractivity contribution is -0.141. The van der Waals surface area contributed by atoms with E-state index in [0.717, 1.165) is 16.7 Å². The third-order valence-corrected chi connectivity index (χ3v) is 5.93. The summed E-state index contributed by atoms with van der Waals surface area (Å²) in [5, 5.41) is 0. The van der Waals surface area contributed by atoms with Crippen LogP contribution in [0.2, 0.25) is 0 Å². The van der Waals surface area contributed by atoms with Crippen LogP contribution in [0, 0.1) is 12.7 Å². The molecule has 0 N–H and O–H groups in total. The molecular weight excluding hydrogens is 417 g/mol. The summed E-state index contributed by atoms with van der Waals surface area (Å²) in [6, 6.07) is 23.5. The zero-order valence-corrected chi connectivity index (χ0v) is 18.8. The van der Waals surface area contributed by atoms with Gasteiger partial charge in [-0.1, -0.05) is 72.3 Å². The smallest absolute Gasteiger partial charge is 0.336 e. The molecule has 1 heterocycles. The first kappa shape index (κ1) is 22.5. The van der Waals surface area contributed by atoms with Crippen molar-refractivity contribution in [2.24, 2.45) is 0 Å². The Morgan fingerprint density at radius 3 is 2.42 bits per heavy atom. The van der Waals surface area contributed by atoms with E-state index < -0.39 is 11.9 Å². The van der Waals surface area contributed by atoms with Gasteiger partial charge in [-0.05, 0) is 42.7 Å². The number of amides is 1. The van der Waals surface area contributed by atoms with E-state index in [4.69, 9.17) is 4.74 Å². The average Bonchev–Trinajstić information content (AvgIpc) is 2.80. The molecule has 1 aliphatic heterocycles. The number of allylic oxidation sites excluding steroid dienone is 1.